The molecular formula is C13H12F2N2S. The first kappa shape index (κ1) is 13.0. The zero-order chi connectivity index (χ0) is 13.1. The molecule has 2 aromatic rings. The van der Waals surface area contributed by atoms with Crippen molar-refractivity contribution in [1.82, 2.24) is 4.98 Å². The Kier molecular flexibility index (Phi) is 3.93. The van der Waals surface area contributed by atoms with Gasteiger partial charge in [-0.05, 0) is 31.2 Å². The molecule has 1 atom stereocenters. The lowest BCUT2D eigenvalue weighted by atomic mass is 10.2. The Hall–Kier alpha value is -1.46. The monoisotopic (exact) mass is 266 g/mol. The van der Waals surface area contributed by atoms with E-state index in [0.29, 0.717) is 4.90 Å². The van der Waals surface area contributed by atoms with Crippen LogP contribution in [0.5, 0.6) is 0 Å². The predicted octanol–water partition coefficient (Wildman–Crippen LogP) is 3.53. The highest BCUT2D eigenvalue weighted by molar-refractivity contribution is 7.99. The summed E-state index contributed by atoms with van der Waals surface area (Å²) in [6.07, 6.45) is 1.63. The van der Waals surface area contributed by atoms with Gasteiger partial charge < -0.3 is 5.73 Å². The van der Waals surface area contributed by atoms with E-state index in [1.54, 1.807) is 12.3 Å². The molecular weight excluding hydrogens is 254 g/mol. The lowest BCUT2D eigenvalue weighted by Gasteiger charge is -2.06. The van der Waals surface area contributed by atoms with Crippen molar-refractivity contribution in [2.75, 3.05) is 0 Å². The number of aromatic nitrogens is 1. The number of benzene rings is 1. The van der Waals surface area contributed by atoms with Crippen LogP contribution in [0, 0.1) is 11.6 Å². The van der Waals surface area contributed by atoms with Gasteiger partial charge >= 0.3 is 0 Å². The summed E-state index contributed by atoms with van der Waals surface area (Å²) in [5.74, 6) is -1.15. The fourth-order valence-electron chi connectivity index (χ4n) is 1.41. The van der Waals surface area contributed by atoms with E-state index in [-0.39, 0.29) is 6.04 Å². The third kappa shape index (κ3) is 3.05. The second kappa shape index (κ2) is 5.46. The van der Waals surface area contributed by atoms with Crippen molar-refractivity contribution in [2.45, 2.75) is 22.8 Å². The molecule has 0 saturated carbocycles. The number of nitrogens with zero attached hydrogens (tertiary/aromatic N) is 1. The van der Waals surface area contributed by atoms with E-state index in [2.05, 4.69) is 4.98 Å². The highest BCUT2D eigenvalue weighted by Gasteiger charge is 2.07. The smallest absolute Gasteiger partial charge is 0.140 e. The summed E-state index contributed by atoms with van der Waals surface area (Å²) in [5.41, 5.74) is 6.46. The zero-order valence-electron chi connectivity index (χ0n) is 9.73. The van der Waals surface area contributed by atoms with E-state index in [1.807, 2.05) is 13.0 Å². The number of nitrogens with two attached hydrogens (primary N) is 1. The first-order valence-corrected chi connectivity index (χ1v) is 6.22. The summed E-state index contributed by atoms with van der Waals surface area (Å²) in [5, 5.41) is 0. The average Bonchev–Trinajstić information content (AvgIpc) is 2.33. The largest absolute Gasteiger partial charge is 0.323 e. The van der Waals surface area contributed by atoms with Gasteiger partial charge in [-0.3, -0.25) is 4.98 Å². The summed E-state index contributed by atoms with van der Waals surface area (Å²) in [6, 6.07) is 7.00. The maximum absolute atomic E-state index is 13.4. The molecule has 0 aliphatic rings. The van der Waals surface area contributed by atoms with E-state index in [9.17, 15) is 8.78 Å². The van der Waals surface area contributed by atoms with Crippen molar-refractivity contribution in [1.29, 1.82) is 0 Å². The Morgan fingerprint density at radius 1 is 1.22 bits per heavy atom. The zero-order valence-corrected chi connectivity index (χ0v) is 10.5. The van der Waals surface area contributed by atoms with Gasteiger partial charge in [-0.15, -0.1) is 0 Å². The van der Waals surface area contributed by atoms with Crippen LogP contribution in [0.1, 0.15) is 18.7 Å². The van der Waals surface area contributed by atoms with Crippen LogP contribution in [0.2, 0.25) is 0 Å². The van der Waals surface area contributed by atoms with Gasteiger partial charge in [0.2, 0.25) is 0 Å². The molecule has 1 aromatic heterocycles. The molecule has 0 saturated heterocycles. The first-order valence-electron chi connectivity index (χ1n) is 5.40. The van der Waals surface area contributed by atoms with Gasteiger partial charge in [0.15, 0.2) is 0 Å². The van der Waals surface area contributed by atoms with Gasteiger partial charge in [0.1, 0.15) is 11.6 Å². The van der Waals surface area contributed by atoms with Gasteiger partial charge in [0.05, 0.1) is 5.69 Å². The summed E-state index contributed by atoms with van der Waals surface area (Å²) < 4.78 is 26.2. The molecule has 18 heavy (non-hydrogen) atoms. The van der Waals surface area contributed by atoms with E-state index in [1.165, 1.54) is 23.9 Å². The Labute approximate surface area is 108 Å². The molecule has 2 nitrogen and oxygen atoms in total. The normalized spacial score (nSPS) is 12.4. The maximum atomic E-state index is 13.4. The lowest BCUT2D eigenvalue weighted by Crippen LogP contribution is -2.06. The summed E-state index contributed by atoms with van der Waals surface area (Å²) in [7, 11) is 0. The molecule has 1 heterocycles. The summed E-state index contributed by atoms with van der Waals surface area (Å²) >= 11 is 1.20. The number of hydrogen-bond donors (Lipinski definition) is 1. The minimum Gasteiger partial charge on any atom is -0.323 e. The van der Waals surface area contributed by atoms with Crippen LogP contribution in [-0.4, -0.2) is 4.98 Å². The van der Waals surface area contributed by atoms with Crippen LogP contribution in [-0.2, 0) is 0 Å². The van der Waals surface area contributed by atoms with Crippen molar-refractivity contribution in [2.24, 2.45) is 5.73 Å². The van der Waals surface area contributed by atoms with Crippen LogP contribution in [0.3, 0.4) is 0 Å². The third-order valence-electron chi connectivity index (χ3n) is 2.35. The molecule has 0 aliphatic heterocycles. The van der Waals surface area contributed by atoms with Crippen LogP contribution >= 0.6 is 11.8 Å². The Morgan fingerprint density at radius 2 is 2.00 bits per heavy atom. The van der Waals surface area contributed by atoms with E-state index in [0.717, 1.165) is 16.7 Å². The maximum Gasteiger partial charge on any atom is 0.140 e. The second-order valence-corrected chi connectivity index (χ2v) is 5.00. The van der Waals surface area contributed by atoms with Crippen LogP contribution in [0.25, 0.3) is 0 Å². The van der Waals surface area contributed by atoms with Crippen molar-refractivity contribution in [3.8, 4) is 0 Å². The second-order valence-electron chi connectivity index (χ2n) is 3.88. The molecule has 0 fully saturated rings. The molecule has 2 N–H and O–H groups in total. The van der Waals surface area contributed by atoms with Gasteiger partial charge in [-0.25, -0.2) is 8.78 Å². The number of rotatable bonds is 3. The van der Waals surface area contributed by atoms with Crippen LogP contribution in [0.4, 0.5) is 8.78 Å². The molecule has 94 valence electrons. The average molecular weight is 266 g/mol. The van der Waals surface area contributed by atoms with Crippen molar-refractivity contribution in [3.63, 3.8) is 0 Å². The molecule has 1 aromatic carbocycles. The molecule has 0 aliphatic carbocycles. The predicted molar refractivity (Wildman–Crippen MR) is 67.3 cm³/mol. The van der Waals surface area contributed by atoms with Gasteiger partial charge in [0.25, 0.3) is 0 Å². The summed E-state index contributed by atoms with van der Waals surface area (Å²) in [4.78, 5) is 5.33. The molecule has 2 rings (SSSR count). The Bertz CT molecular complexity index is 541. The number of hydrogen-bond acceptors (Lipinski definition) is 3. The van der Waals surface area contributed by atoms with Gasteiger partial charge in [-0.2, -0.15) is 0 Å². The Morgan fingerprint density at radius 3 is 2.56 bits per heavy atom. The highest BCUT2D eigenvalue weighted by atomic mass is 32.2. The van der Waals surface area contributed by atoms with E-state index in [4.69, 9.17) is 5.73 Å². The molecule has 0 spiro atoms. The molecule has 0 radical (unpaired) electrons. The molecule has 5 heteroatoms. The van der Waals surface area contributed by atoms with Crippen LogP contribution in [0.15, 0.2) is 46.3 Å². The standard InChI is InChI=1S/C13H12F2N2S/c1-8(16)12-4-3-10(7-17-12)18-13-5-2-9(14)6-11(13)15/h2-8H,16H2,1H3/t8-/m1/s1. The summed E-state index contributed by atoms with van der Waals surface area (Å²) in [6.45, 7) is 1.84. The van der Waals surface area contributed by atoms with Crippen molar-refractivity contribution < 1.29 is 8.78 Å². The fraction of sp³-hybridized carbons (Fsp3) is 0.154. The lowest BCUT2D eigenvalue weighted by molar-refractivity contribution is 0.565. The Balaban J connectivity index is 2.18. The van der Waals surface area contributed by atoms with Crippen LogP contribution < -0.4 is 5.73 Å². The topological polar surface area (TPSA) is 38.9 Å². The fourth-order valence-corrected chi connectivity index (χ4v) is 2.19. The SMILES string of the molecule is C[C@@H](N)c1ccc(Sc2ccc(F)cc2F)cn1. The number of halogens is 2. The first-order chi connectivity index (χ1) is 8.56. The number of pyridine rings is 1. The van der Waals surface area contributed by atoms with Crippen molar-refractivity contribution in [3.05, 3.63) is 53.9 Å². The van der Waals surface area contributed by atoms with E-state index >= 15 is 0 Å². The quantitative estimate of drug-likeness (QED) is 0.923. The third-order valence-corrected chi connectivity index (χ3v) is 3.38. The van der Waals surface area contributed by atoms with Crippen molar-refractivity contribution >= 4 is 11.8 Å². The highest BCUT2D eigenvalue weighted by Crippen LogP contribution is 2.29. The minimum atomic E-state index is -0.581. The molecule has 0 bridgehead atoms. The van der Waals surface area contributed by atoms with Gasteiger partial charge in [0, 0.05) is 28.1 Å². The van der Waals surface area contributed by atoms with Gasteiger partial charge in [-0.1, -0.05) is 11.8 Å². The molecule has 0 amide bonds. The molecule has 0 unspecified atom stereocenters. The van der Waals surface area contributed by atoms with E-state index < -0.39 is 11.6 Å². The minimum absolute atomic E-state index is 0.133.